The third-order valence-corrected chi connectivity index (χ3v) is 5.00. The minimum absolute atomic E-state index is 0.0380. The molecule has 132 valence electrons. The van der Waals surface area contributed by atoms with Crippen LogP contribution in [0.15, 0.2) is 29.8 Å². The van der Waals surface area contributed by atoms with Crippen molar-refractivity contribution in [2.75, 3.05) is 24.7 Å². The Morgan fingerprint density at radius 1 is 1.40 bits per heavy atom. The maximum atomic E-state index is 12.6. The Kier molecular flexibility index (Phi) is 5.78. The minimum Gasteiger partial charge on any atom is -0.482 e. The average molecular weight is 400 g/mol. The van der Waals surface area contributed by atoms with Gasteiger partial charge in [0.2, 0.25) is 5.91 Å². The van der Waals surface area contributed by atoms with E-state index in [2.05, 4.69) is 4.98 Å². The standard InChI is InChI=1S/C16H15Cl2N3O3S/c17-11-3-4-13(12(18)8-11)24-9-15(23)21(16-19-5-7-25-16)10-20-6-1-2-14(20)22/h3-5,7-8H,1-2,6,9-10H2. The molecule has 0 saturated carbocycles. The molecule has 25 heavy (non-hydrogen) atoms. The molecule has 1 saturated heterocycles. The van der Waals surface area contributed by atoms with Gasteiger partial charge in [0.15, 0.2) is 11.7 Å². The van der Waals surface area contributed by atoms with Gasteiger partial charge in [-0.3, -0.25) is 14.5 Å². The summed E-state index contributed by atoms with van der Waals surface area (Å²) in [6.07, 6.45) is 2.93. The second-order valence-electron chi connectivity index (χ2n) is 5.40. The summed E-state index contributed by atoms with van der Waals surface area (Å²) in [7, 11) is 0. The van der Waals surface area contributed by atoms with E-state index in [-0.39, 0.29) is 25.1 Å². The molecule has 6 nitrogen and oxygen atoms in total. The molecule has 0 radical (unpaired) electrons. The number of carbonyl (C=O) groups excluding carboxylic acids is 2. The second kappa shape index (κ2) is 8.03. The fourth-order valence-corrected chi connectivity index (χ4v) is 3.54. The number of likely N-dealkylation sites (tertiary alicyclic amines) is 1. The van der Waals surface area contributed by atoms with E-state index in [0.717, 1.165) is 6.42 Å². The zero-order valence-corrected chi connectivity index (χ0v) is 15.5. The van der Waals surface area contributed by atoms with Crippen molar-refractivity contribution in [3.63, 3.8) is 0 Å². The number of amides is 2. The highest BCUT2D eigenvalue weighted by atomic mass is 35.5. The lowest BCUT2D eigenvalue weighted by Crippen LogP contribution is -2.44. The summed E-state index contributed by atoms with van der Waals surface area (Å²) in [6.45, 7) is 0.587. The van der Waals surface area contributed by atoms with Crippen LogP contribution in [-0.4, -0.2) is 41.5 Å². The first kappa shape index (κ1) is 18.0. The lowest BCUT2D eigenvalue weighted by atomic mass is 10.3. The molecule has 0 unspecified atom stereocenters. The quantitative estimate of drug-likeness (QED) is 0.745. The first-order valence-corrected chi connectivity index (χ1v) is 9.23. The lowest BCUT2D eigenvalue weighted by molar-refractivity contribution is -0.128. The van der Waals surface area contributed by atoms with E-state index < -0.39 is 0 Å². The molecule has 9 heteroatoms. The number of anilines is 1. The van der Waals surface area contributed by atoms with Crippen molar-refractivity contribution in [2.24, 2.45) is 0 Å². The molecule has 0 N–H and O–H groups in total. The van der Waals surface area contributed by atoms with Crippen LogP contribution in [0.2, 0.25) is 10.0 Å². The normalized spacial score (nSPS) is 14.0. The van der Waals surface area contributed by atoms with Crippen LogP contribution in [0.3, 0.4) is 0 Å². The third kappa shape index (κ3) is 4.42. The number of hydrogen-bond acceptors (Lipinski definition) is 5. The van der Waals surface area contributed by atoms with Crippen molar-refractivity contribution < 1.29 is 14.3 Å². The van der Waals surface area contributed by atoms with E-state index in [0.29, 0.717) is 33.9 Å². The van der Waals surface area contributed by atoms with Crippen molar-refractivity contribution in [1.29, 1.82) is 0 Å². The van der Waals surface area contributed by atoms with Crippen molar-refractivity contribution >= 4 is 51.5 Å². The number of rotatable bonds is 6. The zero-order valence-electron chi connectivity index (χ0n) is 13.2. The number of carbonyl (C=O) groups is 2. The van der Waals surface area contributed by atoms with Gasteiger partial charge in [0.1, 0.15) is 12.4 Å². The number of halogens is 2. The Balaban J connectivity index is 1.69. The van der Waals surface area contributed by atoms with Crippen molar-refractivity contribution in [1.82, 2.24) is 9.88 Å². The van der Waals surface area contributed by atoms with Crippen LogP contribution < -0.4 is 9.64 Å². The van der Waals surface area contributed by atoms with Crippen molar-refractivity contribution in [3.05, 3.63) is 39.8 Å². The Morgan fingerprint density at radius 2 is 2.24 bits per heavy atom. The molecule has 1 aliphatic heterocycles. The summed E-state index contributed by atoms with van der Waals surface area (Å²) < 4.78 is 5.52. The summed E-state index contributed by atoms with van der Waals surface area (Å²) >= 11 is 13.2. The predicted molar refractivity (Wildman–Crippen MR) is 97.4 cm³/mol. The van der Waals surface area contributed by atoms with E-state index in [1.807, 2.05) is 0 Å². The molecule has 0 atom stereocenters. The van der Waals surface area contributed by atoms with Gasteiger partial charge < -0.3 is 9.64 Å². The molecule has 1 fully saturated rings. The molecular formula is C16H15Cl2N3O3S. The fraction of sp³-hybridized carbons (Fsp3) is 0.312. The summed E-state index contributed by atoms with van der Waals surface area (Å²) in [5.41, 5.74) is 0. The van der Waals surface area contributed by atoms with Crippen LogP contribution in [0.25, 0.3) is 0 Å². The molecule has 0 bridgehead atoms. The molecule has 3 rings (SSSR count). The maximum absolute atomic E-state index is 12.6. The summed E-state index contributed by atoms with van der Waals surface area (Å²) in [5.74, 6) is 0.104. The van der Waals surface area contributed by atoms with Gasteiger partial charge in [-0.25, -0.2) is 4.98 Å². The van der Waals surface area contributed by atoms with Gasteiger partial charge in [-0.15, -0.1) is 11.3 Å². The minimum atomic E-state index is -0.305. The highest BCUT2D eigenvalue weighted by Crippen LogP contribution is 2.28. The average Bonchev–Trinajstić information content (AvgIpc) is 3.23. The molecule has 1 aromatic heterocycles. The first-order valence-electron chi connectivity index (χ1n) is 7.60. The van der Waals surface area contributed by atoms with Gasteiger partial charge in [-0.1, -0.05) is 23.2 Å². The Bertz CT molecular complexity index is 770. The summed E-state index contributed by atoms with van der Waals surface area (Å²) in [5, 5.41) is 3.12. The van der Waals surface area contributed by atoms with Crippen molar-refractivity contribution in [3.8, 4) is 5.75 Å². The summed E-state index contributed by atoms with van der Waals surface area (Å²) in [4.78, 5) is 31.8. The van der Waals surface area contributed by atoms with Gasteiger partial charge in [-0.2, -0.15) is 0 Å². The Labute approximate surface area is 158 Å². The first-order chi connectivity index (χ1) is 12.0. The van der Waals surface area contributed by atoms with Crippen LogP contribution >= 0.6 is 34.5 Å². The van der Waals surface area contributed by atoms with E-state index in [4.69, 9.17) is 27.9 Å². The molecule has 2 aromatic rings. The highest BCUT2D eigenvalue weighted by Gasteiger charge is 2.27. The number of ether oxygens (including phenoxy) is 1. The van der Waals surface area contributed by atoms with Crippen LogP contribution in [0.5, 0.6) is 5.75 Å². The van der Waals surface area contributed by atoms with Gasteiger partial charge in [0.25, 0.3) is 5.91 Å². The summed E-state index contributed by atoms with van der Waals surface area (Å²) in [6, 6.07) is 4.79. The van der Waals surface area contributed by atoms with Gasteiger partial charge in [-0.05, 0) is 24.6 Å². The lowest BCUT2D eigenvalue weighted by Gasteiger charge is -2.25. The molecule has 2 heterocycles. The number of benzene rings is 1. The van der Waals surface area contributed by atoms with Gasteiger partial charge in [0, 0.05) is 29.6 Å². The van der Waals surface area contributed by atoms with Crippen LogP contribution in [0.1, 0.15) is 12.8 Å². The van der Waals surface area contributed by atoms with E-state index in [1.165, 1.54) is 16.2 Å². The van der Waals surface area contributed by atoms with Gasteiger partial charge in [0.05, 0.1) is 5.02 Å². The molecule has 0 aliphatic carbocycles. The largest absolute Gasteiger partial charge is 0.482 e. The van der Waals surface area contributed by atoms with Gasteiger partial charge >= 0.3 is 0 Å². The Hall–Kier alpha value is -1.83. The number of hydrogen-bond donors (Lipinski definition) is 0. The highest BCUT2D eigenvalue weighted by molar-refractivity contribution is 7.13. The maximum Gasteiger partial charge on any atom is 0.268 e. The SMILES string of the molecule is O=C1CCCN1CN(C(=O)COc1ccc(Cl)cc1Cl)c1nccs1. The second-order valence-corrected chi connectivity index (χ2v) is 7.12. The predicted octanol–water partition coefficient (Wildman–Crippen LogP) is 3.44. The van der Waals surface area contributed by atoms with Crippen molar-refractivity contribution in [2.45, 2.75) is 12.8 Å². The van der Waals surface area contributed by atoms with E-state index >= 15 is 0 Å². The molecule has 2 amide bonds. The van der Waals surface area contributed by atoms with E-state index in [9.17, 15) is 9.59 Å². The molecule has 0 spiro atoms. The van der Waals surface area contributed by atoms with E-state index in [1.54, 1.807) is 34.7 Å². The number of nitrogens with zero attached hydrogens (tertiary/aromatic N) is 3. The smallest absolute Gasteiger partial charge is 0.268 e. The third-order valence-electron chi connectivity index (χ3n) is 3.68. The number of aromatic nitrogens is 1. The number of thiazole rings is 1. The monoisotopic (exact) mass is 399 g/mol. The fourth-order valence-electron chi connectivity index (χ4n) is 2.43. The van der Waals surface area contributed by atoms with Crippen LogP contribution in [0, 0.1) is 0 Å². The van der Waals surface area contributed by atoms with Crippen LogP contribution in [0.4, 0.5) is 5.13 Å². The zero-order chi connectivity index (χ0) is 17.8. The molecular weight excluding hydrogens is 385 g/mol. The van der Waals surface area contributed by atoms with Crippen LogP contribution in [-0.2, 0) is 9.59 Å². The molecule has 1 aromatic carbocycles. The Morgan fingerprint density at radius 3 is 2.88 bits per heavy atom. The molecule has 1 aliphatic rings. The topological polar surface area (TPSA) is 62.7 Å².